The number of urea groups is 1. The number of carbonyl (C=O) groups is 1. The number of carbonyl (C=O) groups excluding carboxylic acids is 1. The summed E-state index contributed by atoms with van der Waals surface area (Å²) in [5.41, 5.74) is 0. The Morgan fingerprint density at radius 1 is 1.40 bits per heavy atom. The molecule has 1 aliphatic rings. The Morgan fingerprint density at radius 2 is 2.00 bits per heavy atom. The second-order valence-corrected chi connectivity index (χ2v) is 2.60. The Morgan fingerprint density at radius 3 is 2.70 bits per heavy atom. The van der Waals surface area contributed by atoms with Crippen molar-refractivity contribution >= 4 is 6.03 Å². The van der Waals surface area contributed by atoms with E-state index in [-0.39, 0.29) is 6.03 Å². The van der Waals surface area contributed by atoms with Crippen molar-refractivity contribution in [1.82, 2.24) is 9.91 Å². The lowest BCUT2D eigenvalue weighted by Gasteiger charge is -2.19. The zero-order valence-corrected chi connectivity index (χ0v) is 6.21. The molecule has 0 radical (unpaired) electrons. The molecule has 0 aliphatic carbocycles. The summed E-state index contributed by atoms with van der Waals surface area (Å²) in [6.07, 6.45) is 2.06. The van der Waals surface area contributed by atoms with Crippen LogP contribution in [0, 0.1) is 0 Å². The monoisotopic (exact) mass is 143 g/mol. The quantitative estimate of drug-likeness (QED) is 0.383. The first-order valence-corrected chi connectivity index (χ1v) is 3.49. The number of hydrogen-bond acceptors (Lipinski definition) is 2. The Bertz CT molecular complexity index is 123. The third-order valence-electron chi connectivity index (χ3n) is 1.71. The van der Waals surface area contributed by atoms with Gasteiger partial charge in [-0.25, -0.2) is 10.6 Å². The van der Waals surface area contributed by atoms with E-state index in [9.17, 15) is 4.79 Å². The highest BCUT2D eigenvalue weighted by Crippen LogP contribution is 2.02. The van der Waals surface area contributed by atoms with Gasteiger partial charge in [0.1, 0.15) is 0 Å². The average molecular weight is 143 g/mol. The van der Waals surface area contributed by atoms with E-state index in [1.54, 1.807) is 11.9 Å². The summed E-state index contributed by atoms with van der Waals surface area (Å²) >= 11 is 0. The number of nitrogens with two attached hydrogens (primary N) is 1. The third kappa shape index (κ3) is 1.39. The summed E-state index contributed by atoms with van der Waals surface area (Å²) in [6, 6.07) is -0.0718. The molecule has 1 rings (SSSR count). The molecule has 1 aliphatic heterocycles. The summed E-state index contributed by atoms with van der Waals surface area (Å²) in [7, 11) is 1.77. The van der Waals surface area contributed by atoms with E-state index >= 15 is 0 Å². The molecule has 1 heterocycles. The van der Waals surface area contributed by atoms with Crippen LogP contribution < -0.4 is 5.84 Å². The predicted molar refractivity (Wildman–Crippen MR) is 38.2 cm³/mol. The van der Waals surface area contributed by atoms with Gasteiger partial charge in [-0.15, -0.1) is 0 Å². The number of amides is 2. The average Bonchev–Trinajstić information content (AvgIpc) is 2.04. The van der Waals surface area contributed by atoms with Crippen LogP contribution in [-0.2, 0) is 0 Å². The highest BCUT2D eigenvalue weighted by atomic mass is 16.2. The minimum atomic E-state index is -0.0718. The van der Waals surface area contributed by atoms with Crippen LogP contribution in [-0.4, -0.2) is 36.1 Å². The lowest BCUT2D eigenvalue weighted by molar-refractivity contribution is 0.173. The largest absolute Gasteiger partial charge is 0.333 e. The van der Waals surface area contributed by atoms with Crippen LogP contribution in [0.15, 0.2) is 0 Å². The van der Waals surface area contributed by atoms with Crippen LogP contribution in [0.25, 0.3) is 0 Å². The number of hydrogen-bond donors (Lipinski definition) is 1. The summed E-state index contributed by atoms with van der Waals surface area (Å²) in [5, 5.41) is 1.27. The zero-order valence-electron chi connectivity index (χ0n) is 6.21. The van der Waals surface area contributed by atoms with Crippen molar-refractivity contribution in [3.8, 4) is 0 Å². The van der Waals surface area contributed by atoms with Gasteiger partial charge in [0.15, 0.2) is 0 Å². The highest BCUT2D eigenvalue weighted by molar-refractivity contribution is 5.73. The van der Waals surface area contributed by atoms with E-state index in [0.29, 0.717) is 6.54 Å². The molecule has 4 heteroatoms. The van der Waals surface area contributed by atoms with Gasteiger partial charge in [0.2, 0.25) is 0 Å². The van der Waals surface area contributed by atoms with Gasteiger partial charge in [-0.1, -0.05) is 0 Å². The van der Waals surface area contributed by atoms with E-state index < -0.39 is 0 Å². The molecule has 0 bridgehead atoms. The number of nitrogens with zero attached hydrogens (tertiary/aromatic N) is 2. The van der Waals surface area contributed by atoms with Crippen LogP contribution >= 0.6 is 0 Å². The SMILES string of the molecule is CN1CCCCN(N)C1=O. The van der Waals surface area contributed by atoms with Crippen LogP contribution in [0.2, 0.25) is 0 Å². The molecule has 0 saturated carbocycles. The molecule has 0 aromatic heterocycles. The fraction of sp³-hybridized carbons (Fsp3) is 0.833. The van der Waals surface area contributed by atoms with Crippen molar-refractivity contribution in [2.45, 2.75) is 12.8 Å². The van der Waals surface area contributed by atoms with E-state index in [2.05, 4.69) is 0 Å². The van der Waals surface area contributed by atoms with Gasteiger partial charge in [0.25, 0.3) is 0 Å². The van der Waals surface area contributed by atoms with Crippen LogP contribution in [0.3, 0.4) is 0 Å². The molecule has 10 heavy (non-hydrogen) atoms. The lowest BCUT2D eigenvalue weighted by atomic mass is 10.3. The van der Waals surface area contributed by atoms with E-state index in [1.807, 2.05) is 0 Å². The van der Waals surface area contributed by atoms with E-state index in [4.69, 9.17) is 5.84 Å². The molecule has 2 N–H and O–H groups in total. The van der Waals surface area contributed by atoms with Gasteiger partial charge < -0.3 is 4.90 Å². The van der Waals surface area contributed by atoms with Gasteiger partial charge in [-0.05, 0) is 12.8 Å². The maximum atomic E-state index is 11.1. The first-order valence-electron chi connectivity index (χ1n) is 3.49. The van der Waals surface area contributed by atoms with Gasteiger partial charge in [0.05, 0.1) is 0 Å². The second kappa shape index (κ2) is 2.88. The third-order valence-corrected chi connectivity index (χ3v) is 1.71. The normalized spacial score (nSPS) is 21.2. The molecule has 4 nitrogen and oxygen atoms in total. The van der Waals surface area contributed by atoms with E-state index in [1.165, 1.54) is 5.01 Å². The van der Waals surface area contributed by atoms with Crippen LogP contribution in [0.4, 0.5) is 4.79 Å². The van der Waals surface area contributed by atoms with Gasteiger partial charge in [-0.3, -0.25) is 5.01 Å². The smallest absolute Gasteiger partial charge is 0.327 e. The summed E-state index contributed by atoms with van der Waals surface area (Å²) in [5.74, 6) is 5.41. The second-order valence-electron chi connectivity index (χ2n) is 2.60. The summed E-state index contributed by atoms with van der Waals surface area (Å²) in [4.78, 5) is 12.7. The van der Waals surface area contributed by atoms with Crippen molar-refractivity contribution in [3.05, 3.63) is 0 Å². The first kappa shape index (κ1) is 7.34. The zero-order chi connectivity index (χ0) is 7.56. The molecule has 1 fully saturated rings. The van der Waals surface area contributed by atoms with Crippen molar-refractivity contribution in [3.63, 3.8) is 0 Å². The Balaban J connectivity index is 2.55. The van der Waals surface area contributed by atoms with Crippen molar-refractivity contribution in [2.24, 2.45) is 5.84 Å². The van der Waals surface area contributed by atoms with Crippen molar-refractivity contribution in [1.29, 1.82) is 0 Å². The van der Waals surface area contributed by atoms with E-state index in [0.717, 1.165) is 19.4 Å². The Kier molecular flexibility index (Phi) is 2.11. The highest BCUT2D eigenvalue weighted by Gasteiger charge is 2.16. The van der Waals surface area contributed by atoms with Gasteiger partial charge in [-0.2, -0.15) is 0 Å². The number of hydrazine groups is 1. The molecule has 0 aromatic carbocycles. The van der Waals surface area contributed by atoms with Crippen molar-refractivity contribution in [2.75, 3.05) is 20.1 Å². The molecular weight excluding hydrogens is 130 g/mol. The van der Waals surface area contributed by atoms with Gasteiger partial charge in [0, 0.05) is 20.1 Å². The fourth-order valence-electron chi connectivity index (χ4n) is 1.04. The molecule has 2 amide bonds. The molecule has 0 atom stereocenters. The fourth-order valence-corrected chi connectivity index (χ4v) is 1.04. The minimum absolute atomic E-state index is 0.0718. The van der Waals surface area contributed by atoms with Crippen LogP contribution in [0.5, 0.6) is 0 Å². The maximum Gasteiger partial charge on any atom is 0.333 e. The standard InChI is InChI=1S/C6H13N3O/c1-8-4-2-3-5-9(7)6(8)10/h2-5,7H2,1H3. The topological polar surface area (TPSA) is 49.6 Å². The van der Waals surface area contributed by atoms with Gasteiger partial charge >= 0.3 is 6.03 Å². The molecule has 58 valence electrons. The summed E-state index contributed by atoms with van der Waals surface area (Å²) in [6.45, 7) is 1.51. The summed E-state index contributed by atoms with van der Waals surface area (Å²) < 4.78 is 0. The Labute approximate surface area is 60.5 Å². The molecule has 0 aromatic rings. The number of rotatable bonds is 0. The molecule has 0 spiro atoms. The van der Waals surface area contributed by atoms with Crippen molar-refractivity contribution < 1.29 is 4.79 Å². The maximum absolute atomic E-state index is 11.1. The molecular formula is C6H13N3O. The molecule has 0 unspecified atom stereocenters. The lowest BCUT2D eigenvalue weighted by Crippen LogP contribution is -2.43. The minimum Gasteiger partial charge on any atom is -0.327 e. The van der Waals surface area contributed by atoms with Crippen LogP contribution in [0.1, 0.15) is 12.8 Å². The predicted octanol–water partition coefficient (Wildman–Crippen LogP) is 0.00770. The first-order chi connectivity index (χ1) is 4.72. The Hall–Kier alpha value is -0.770. The molecule has 1 saturated heterocycles.